The summed E-state index contributed by atoms with van der Waals surface area (Å²) < 4.78 is 13.3. The van der Waals surface area contributed by atoms with Gasteiger partial charge >= 0.3 is 0 Å². The molecule has 0 unspecified atom stereocenters. The summed E-state index contributed by atoms with van der Waals surface area (Å²) in [5.41, 5.74) is 3.41. The third-order valence-corrected chi connectivity index (χ3v) is 7.45. The number of halogens is 2. The summed E-state index contributed by atoms with van der Waals surface area (Å²) in [6.07, 6.45) is 7.24. The molecule has 0 radical (unpaired) electrons. The van der Waals surface area contributed by atoms with Gasteiger partial charge in [0.2, 0.25) is 11.9 Å². The van der Waals surface area contributed by atoms with Crippen molar-refractivity contribution >= 4 is 23.5 Å². The van der Waals surface area contributed by atoms with E-state index in [0.717, 1.165) is 68.3 Å². The second kappa shape index (κ2) is 11.4. The van der Waals surface area contributed by atoms with Gasteiger partial charge in [-0.15, -0.1) is 0 Å². The van der Waals surface area contributed by atoms with E-state index in [4.69, 9.17) is 16.6 Å². The molecule has 1 saturated heterocycles. The van der Waals surface area contributed by atoms with Gasteiger partial charge in [-0.1, -0.05) is 41.9 Å². The molecule has 0 spiro atoms. The second-order valence-corrected chi connectivity index (χ2v) is 10.1. The molecule has 0 atom stereocenters. The predicted octanol–water partition coefficient (Wildman–Crippen LogP) is 5.44. The van der Waals surface area contributed by atoms with Crippen LogP contribution in [0.3, 0.4) is 0 Å². The Kier molecular flexibility index (Phi) is 7.78. The Morgan fingerprint density at radius 3 is 2.36 bits per heavy atom. The summed E-state index contributed by atoms with van der Waals surface area (Å²) in [6.45, 7) is 1.85. The highest BCUT2D eigenvalue weighted by Gasteiger charge is 2.27. The lowest BCUT2D eigenvalue weighted by atomic mass is 9.90. The van der Waals surface area contributed by atoms with E-state index in [2.05, 4.69) is 20.9 Å². The first-order chi connectivity index (χ1) is 17.5. The third kappa shape index (κ3) is 6.02. The lowest BCUT2D eigenvalue weighted by molar-refractivity contribution is -0.126. The first-order valence-electron chi connectivity index (χ1n) is 12.7. The number of anilines is 1. The van der Waals surface area contributed by atoms with Crippen molar-refractivity contribution in [3.05, 3.63) is 65.6 Å². The monoisotopic (exact) mass is 507 g/mol. The molecule has 2 heterocycles. The summed E-state index contributed by atoms with van der Waals surface area (Å²) in [7, 11) is 0. The van der Waals surface area contributed by atoms with Crippen LogP contribution in [0.5, 0.6) is 0 Å². The Bertz CT molecular complexity index is 1190. The number of amides is 1. The van der Waals surface area contributed by atoms with Gasteiger partial charge in [-0.3, -0.25) is 4.79 Å². The summed E-state index contributed by atoms with van der Waals surface area (Å²) in [5.74, 6) is 0.637. The SMILES string of the molecule is O=C(NC1CCC(Nc2ncc(Cl)c(-c3cccc(-c4ccc(F)cc4)c3)n2)CC1)C1CCNCC1. The first-order valence-corrected chi connectivity index (χ1v) is 13.1. The molecular formula is C28H31ClFN5O. The van der Waals surface area contributed by atoms with E-state index in [1.165, 1.54) is 12.1 Å². The highest BCUT2D eigenvalue weighted by Crippen LogP contribution is 2.31. The Hall–Kier alpha value is -3.03. The van der Waals surface area contributed by atoms with Gasteiger partial charge in [0, 0.05) is 23.6 Å². The molecule has 2 aliphatic rings. The van der Waals surface area contributed by atoms with Gasteiger partial charge in [0.15, 0.2) is 0 Å². The predicted molar refractivity (Wildman–Crippen MR) is 141 cm³/mol. The van der Waals surface area contributed by atoms with Crippen LogP contribution in [0.15, 0.2) is 54.7 Å². The first kappa shape index (κ1) is 24.7. The molecular weight excluding hydrogens is 477 g/mol. The maximum atomic E-state index is 13.3. The van der Waals surface area contributed by atoms with Gasteiger partial charge in [-0.25, -0.2) is 14.4 Å². The molecule has 3 aromatic rings. The maximum Gasteiger partial charge on any atom is 0.223 e. The molecule has 8 heteroatoms. The van der Waals surface area contributed by atoms with E-state index in [9.17, 15) is 9.18 Å². The smallest absolute Gasteiger partial charge is 0.223 e. The molecule has 2 fully saturated rings. The molecule has 1 aliphatic heterocycles. The van der Waals surface area contributed by atoms with Gasteiger partial charge in [0.1, 0.15) is 5.82 Å². The zero-order chi connectivity index (χ0) is 24.9. The van der Waals surface area contributed by atoms with Crippen LogP contribution >= 0.6 is 11.6 Å². The van der Waals surface area contributed by atoms with Gasteiger partial charge in [-0.2, -0.15) is 0 Å². The molecule has 1 saturated carbocycles. The van der Waals surface area contributed by atoms with E-state index in [1.54, 1.807) is 18.3 Å². The number of carbonyl (C=O) groups excluding carboxylic acids is 1. The molecule has 6 nitrogen and oxygen atoms in total. The van der Waals surface area contributed by atoms with Gasteiger partial charge in [0.25, 0.3) is 0 Å². The van der Waals surface area contributed by atoms with Crippen LogP contribution in [0.25, 0.3) is 22.4 Å². The summed E-state index contributed by atoms with van der Waals surface area (Å²) in [5, 5.41) is 10.5. The largest absolute Gasteiger partial charge is 0.353 e. The molecule has 5 rings (SSSR count). The Balaban J connectivity index is 1.21. The fourth-order valence-corrected chi connectivity index (χ4v) is 5.30. The quantitative estimate of drug-likeness (QED) is 0.414. The van der Waals surface area contributed by atoms with Crippen molar-refractivity contribution < 1.29 is 9.18 Å². The van der Waals surface area contributed by atoms with E-state index in [-0.39, 0.29) is 29.7 Å². The van der Waals surface area contributed by atoms with E-state index in [0.29, 0.717) is 16.7 Å². The number of rotatable bonds is 6. The lowest BCUT2D eigenvalue weighted by Crippen LogP contribution is -2.45. The van der Waals surface area contributed by atoms with Crippen LogP contribution in [0, 0.1) is 11.7 Å². The number of piperidine rings is 1. The van der Waals surface area contributed by atoms with Crippen molar-refractivity contribution in [3.8, 4) is 22.4 Å². The topological polar surface area (TPSA) is 78.9 Å². The van der Waals surface area contributed by atoms with Crippen LogP contribution in [-0.4, -0.2) is 41.0 Å². The number of hydrogen-bond acceptors (Lipinski definition) is 5. The fraction of sp³-hybridized carbons (Fsp3) is 0.393. The van der Waals surface area contributed by atoms with Crippen molar-refractivity contribution in [1.29, 1.82) is 0 Å². The molecule has 1 amide bonds. The molecule has 0 bridgehead atoms. The number of aromatic nitrogens is 2. The molecule has 3 N–H and O–H groups in total. The van der Waals surface area contributed by atoms with Crippen LogP contribution in [0.1, 0.15) is 38.5 Å². The van der Waals surface area contributed by atoms with Gasteiger partial charge in [-0.05, 0) is 80.9 Å². The van der Waals surface area contributed by atoms with Gasteiger partial charge < -0.3 is 16.0 Å². The number of carbonyl (C=O) groups is 1. The minimum Gasteiger partial charge on any atom is -0.353 e. The lowest BCUT2D eigenvalue weighted by Gasteiger charge is -2.31. The van der Waals surface area contributed by atoms with Gasteiger partial charge in [0.05, 0.1) is 16.9 Å². The molecule has 2 aromatic carbocycles. The summed E-state index contributed by atoms with van der Waals surface area (Å²) in [6, 6.07) is 14.8. The Morgan fingerprint density at radius 2 is 1.61 bits per heavy atom. The van der Waals surface area contributed by atoms with Crippen molar-refractivity contribution in [2.24, 2.45) is 5.92 Å². The van der Waals surface area contributed by atoms with E-state index < -0.39 is 0 Å². The highest BCUT2D eigenvalue weighted by molar-refractivity contribution is 6.32. The normalized spacial score (nSPS) is 20.6. The second-order valence-electron chi connectivity index (χ2n) is 9.70. The number of nitrogens with zero attached hydrogens (tertiary/aromatic N) is 2. The van der Waals surface area contributed by atoms with Crippen molar-refractivity contribution in [2.45, 2.75) is 50.6 Å². The molecule has 1 aromatic heterocycles. The fourth-order valence-electron chi connectivity index (χ4n) is 5.10. The number of nitrogens with one attached hydrogen (secondary N) is 3. The maximum absolute atomic E-state index is 13.3. The van der Waals surface area contributed by atoms with E-state index >= 15 is 0 Å². The average molecular weight is 508 g/mol. The van der Waals surface area contributed by atoms with Crippen molar-refractivity contribution in [1.82, 2.24) is 20.6 Å². The molecule has 188 valence electrons. The summed E-state index contributed by atoms with van der Waals surface area (Å²) >= 11 is 6.48. The van der Waals surface area contributed by atoms with E-state index in [1.807, 2.05) is 24.3 Å². The van der Waals surface area contributed by atoms with Crippen molar-refractivity contribution in [2.75, 3.05) is 18.4 Å². The molecule has 36 heavy (non-hydrogen) atoms. The highest BCUT2D eigenvalue weighted by atomic mass is 35.5. The molecule has 1 aliphatic carbocycles. The van der Waals surface area contributed by atoms with Crippen LogP contribution in [0.2, 0.25) is 5.02 Å². The van der Waals surface area contributed by atoms with Crippen LogP contribution < -0.4 is 16.0 Å². The third-order valence-electron chi connectivity index (χ3n) is 7.17. The zero-order valence-corrected chi connectivity index (χ0v) is 20.9. The minimum absolute atomic E-state index is 0.143. The minimum atomic E-state index is -0.261. The van der Waals surface area contributed by atoms with Crippen LogP contribution in [-0.2, 0) is 4.79 Å². The Labute approximate surface area is 216 Å². The average Bonchev–Trinajstić information content (AvgIpc) is 2.92. The Morgan fingerprint density at radius 1 is 0.917 bits per heavy atom. The standard InChI is InChI=1S/C28H31ClFN5O/c29-25-17-32-28(34-24-10-8-23(9-11-24)33-27(36)19-12-14-31-15-13-19)35-26(25)21-3-1-2-20(16-21)18-4-6-22(30)7-5-18/h1-7,16-17,19,23-24,31H,8-15H2,(H,33,36)(H,32,34,35). The van der Waals surface area contributed by atoms with Crippen LogP contribution in [0.4, 0.5) is 10.3 Å². The number of benzene rings is 2. The zero-order valence-electron chi connectivity index (χ0n) is 20.1. The van der Waals surface area contributed by atoms with Crippen molar-refractivity contribution in [3.63, 3.8) is 0 Å². The number of hydrogen-bond donors (Lipinski definition) is 3. The summed E-state index contributed by atoms with van der Waals surface area (Å²) in [4.78, 5) is 21.7.